The number of aliphatic hydroxyl groups is 1. The van der Waals surface area contributed by atoms with Gasteiger partial charge in [-0.2, -0.15) is 0 Å². The molecule has 2 heteroatoms. The number of Topliss-reactive ketones (excluding diaryl/α,β-unsaturated/α-hetero) is 1. The SMILES string of the molecule is CCC1(C)CC(=O)C(c2c(C)cc(C)cc2C)=C1O. The normalized spacial score (nSPS) is 23.3. The molecule has 19 heavy (non-hydrogen) atoms. The predicted octanol–water partition coefficient (Wildman–Crippen LogP) is 4.27. The molecule has 0 aliphatic heterocycles. The first-order valence-corrected chi connectivity index (χ1v) is 6.85. The minimum atomic E-state index is -0.393. The molecule has 2 nitrogen and oxygen atoms in total. The molecule has 0 amide bonds. The Morgan fingerprint density at radius 3 is 2.16 bits per heavy atom. The molecule has 2 rings (SSSR count). The zero-order chi connectivity index (χ0) is 14.4. The molecule has 0 bridgehead atoms. The Bertz CT molecular complexity index is 558. The van der Waals surface area contributed by atoms with Crippen LogP contribution >= 0.6 is 0 Å². The van der Waals surface area contributed by atoms with Gasteiger partial charge in [-0.1, -0.05) is 31.5 Å². The van der Waals surface area contributed by atoms with E-state index in [0.717, 1.165) is 23.1 Å². The second-order valence-electron chi connectivity index (χ2n) is 6.01. The second kappa shape index (κ2) is 4.52. The van der Waals surface area contributed by atoms with Gasteiger partial charge in [-0.25, -0.2) is 0 Å². The first-order chi connectivity index (χ1) is 8.80. The standard InChI is InChI=1S/C17H22O2/c1-6-17(5)9-13(18)15(16(17)19)14-11(3)7-10(2)8-12(14)4/h7-8,19H,6,9H2,1-5H3. The number of ketones is 1. The fourth-order valence-corrected chi connectivity index (χ4v) is 3.08. The van der Waals surface area contributed by atoms with Gasteiger partial charge in [-0.15, -0.1) is 0 Å². The Hall–Kier alpha value is -1.57. The summed E-state index contributed by atoms with van der Waals surface area (Å²) >= 11 is 0. The van der Waals surface area contributed by atoms with Gasteiger partial charge in [-0.3, -0.25) is 4.79 Å². The van der Waals surface area contributed by atoms with Crippen LogP contribution in [0.3, 0.4) is 0 Å². The second-order valence-corrected chi connectivity index (χ2v) is 6.01. The van der Waals surface area contributed by atoms with Gasteiger partial charge in [0.2, 0.25) is 0 Å². The van der Waals surface area contributed by atoms with Crippen LogP contribution in [0.1, 0.15) is 48.9 Å². The summed E-state index contributed by atoms with van der Waals surface area (Å²) in [4.78, 5) is 12.3. The van der Waals surface area contributed by atoms with E-state index in [4.69, 9.17) is 0 Å². The monoisotopic (exact) mass is 258 g/mol. The van der Waals surface area contributed by atoms with E-state index in [2.05, 4.69) is 12.1 Å². The van der Waals surface area contributed by atoms with Crippen LogP contribution in [0.5, 0.6) is 0 Å². The number of aliphatic hydroxyl groups excluding tert-OH is 1. The lowest BCUT2D eigenvalue weighted by atomic mass is 9.85. The van der Waals surface area contributed by atoms with Gasteiger partial charge in [0.05, 0.1) is 5.57 Å². The molecule has 0 saturated heterocycles. The summed E-state index contributed by atoms with van der Waals surface area (Å²) in [7, 11) is 0. The first-order valence-electron chi connectivity index (χ1n) is 6.85. The van der Waals surface area contributed by atoms with E-state index >= 15 is 0 Å². The van der Waals surface area contributed by atoms with Gasteiger partial charge in [-0.05, 0) is 43.9 Å². The Kier molecular flexibility index (Phi) is 3.29. The highest BCUT2D eigenvalue weighted by molar-refractivity contribution is 6.24. The molecule has 0 saturated carbocycles. The van der Waals surface area contributed by atoms with Crippen molar-refractivity contribution in [1.29, 1.82) is 0 Å². The lowest BCUT2D eigenvalue weighted by Crippen LogP contribution is -2.14. The average molecular weight is 258 g/mol. The van der Waals surface area contributed by atoms with Gasteiger partial charge in [0.1, 0.15) is 5.76 Å². The number of carbonyl (C=O) groups excluding carboxylic acids is 1. The fraction of sp³-hybridized carbons (Fsp3) is 0.471. The van der Waals surface area contributed by atoms with Crippen LogP contribution in [0.15, 0.2) is 17.9 Å². The smallest absolute Gasteiger partial charge is 0.167 e. The average Bonchev–Trinajstić information content (AvgIpc) is 2.52. The molecule has 0 radical (unpaired) electrons. The number of aryl methyl sites for hydroxylation is 3. The summed E-state index contributed by atoms with van der Waals surface area (Å²) in [5.41, 5.74) is 4.38. The van der Waals surface area contributed by atoms with Crippen LogP contribution in [0.25, 0.3) is 5.57 Å². The first kappa shape index (κ1) is 13.9. The van der Waals surface area contributed by atoms with Crippen molar-refractivity contribution in [2.45, 2.75) is 47.5 Å². The van der Waals surface area contributed by atoms with Gasteiger partial charge in [0.25, 0.3) is 0 Å². The maximum absolute atomic E-state index is 12.3. The Labute approximate surface area is 115 Å². The van der Waals surface area contributed by atoms with Crippen molar-refractivity contribution in [2.75, 3.05) is 0 Å². The molecule has 1 unspecified atom stereocenters. The molecule has 0 fully saturated rings. The summed E-state index contributed by atoms with van der Waals surface area (Å²) in [6.45, 7) is 10.0. The zero-order valence-electron chi connectivity index (χ0n) is 12.4. The molecule has 1 N–H and O–H groups in total. The van der Waals surface area contributed by atoms with Crippen LogP contribution in [0, 0.1) is 26.2 Å². The molecular formula is C17H22O2. The Balaban J connectivity index is 2.69. The topological polar surface area (TPSA) is 37.3 Å². The molecule has 1 aromatic rings. The van der Waals surface area contributed by atoms with Crippen LogP contribution < -0.4 is 0 Å². The third-order valence-electron chi connectivity index (χ3n) is 4.35. The van der Waals surface area contributed by atoms with E-state index in [1.807, 2.05) is 34.6 Å². The molecule has 0 heterocycles. The lowest BCUT2D eigenvalue weighted by Gasteiger charge is -2.21. The number of benzene rings is 1. The third-order valence-corrected chi connectivity index (χ3v) is 4.35. The number of hydrogen-bond donors (Lipinski definition) is 1. The van der Waals surface area contributed by atoms with Crippen molar-refractivity contribution in [3.05, 3.63) is 40.1 Å². The highest BCUT2D eigenvalue weighted by Crippen LogP contribution is 2.46. The van der Waals surface area contributed by atoms with Crippen molar-refractivity contribution in [3.8, 4) is 0 Å². The predicted molar refractivity (Wildman–Crippen MR) is 78.2 cm³/mol. The maximum Gasteiger partial charge on any atom is 0.167 e. The number of rotatable bonds is 2. The summed E-state index contributed by atoms with van der Waals surface area (Å²) in [6, 6.07) is 4.13. The Morgan fingerprint density at radius 1 is 1.21 bits per heavy atom. The van der Waals surface area contributed by atoms with Crippen molar-refractivity contribution in [2.24, 2.45) is 5.41 Å². The summed E-state index contributed by atoms with van der Waals surface area (Å²) in [6.07, 6.45) is 1.19. The fourth-order valence-electron chi connectivity index (χ4n) is 3.08. The van der Waals surface area contributed by atoms with Crippen molar-refractivity contribution in [3.63, 3.8) is 0 Å². The van der Waals surface area contributed by atoms with Crippen LogP contribution in [-0.4, -0.2) is 10.9 Å². The number of allylic oxidation sites excluding steroid dienone is 2. The van der Waals surface area contributed by atoms with Crippen molar-refractivity contribution in [1.82, 2.24) is 0 Å². The summed E-state index contributed by atoms with van der Waals surface area (Å²) in [5.74, 6) is 0.340. The molecule has 102 valence electrons. The van der Waals surface area contributed by atoms with E-state index in [0.29, 0.717) is 12.0 Å². The molecule has 0 aromatic heterocycles. The van der Waals surface area contributed by atoms with Gasteiger partial charge in [0, 0.05) is 11.8 Å². The van der Waals surface area contributed by atoms with E-state index in [-0.39, 0.29) is 11.5 Å². The van der Waals surface area contributed by atoms with E-state index < -0.39 is 5.41 Å². The molecule has 1 aliphatic carbocycles. The molecule has 1 atom stereocenters. The van der Waals surface area contributed by atoms with Gasteiger partial charge in [0.15, 0.2) is 5.78 Å². The largest absolute Gasteiger partial charge is 0.511 e. The zero-order valence-corrected chi connectivity index (χ0v) is 12.4. The van der Waals surface area contributed by atoms with Crippen molar-refractivity contribution >= 4 is 11.4 Å². The molecule has 1 aromatic carbocycles. The van der Waals surface area contributed by atoms with Crippen molar-refractivity contribution < 1.29 is 9.90 Å². The minimum Gasteiger partial charge on any atom is -0.511 e. The van der Waals surface area contributed by atoms with E-state index in [9.17, 15) is 9.90 Å². The van der Waals surface area contributed by atoms with Crippen LogP contribution in [0.4, 0.5) is 0 Å². The quantitative estimate of drug-likeness (QED) is 0.860. The maximum atomic E-state index is 12.3. The Morgan fingerprint density at radius 2 is 1.74 bits per heavy atom. The molecule has 1 aliphatic rings. The van der Waals surface area contributed by atoms with Crippen LogP contribution in [0.2, 0.25) is 0 Å². The molecular weight excluding hydrogens is 236 g/mol. The van der Waals surface area contributed by atoms with Crippen LogP contribution in [-0.2, 0) is 4.79 Å². The summed E-state index contributed by atoms with van der Waals surface area (Å²) in [5, 5.41) is 10.5. The minimum absolute atomic E-state index is 0.0666. The number of hydrogen-bond acceptors (Lipinski definition) is 2. The highest BCUT2D eigenvalue weighted by atomic mass is 16.3. The van der Waals surface area contributed by atoms with E-state index in [1.54, 1.807) is 0 Å². The lowest BCUT2D eigenvalue weighted by molar-refractivity contribution is -0.114. The highest BCUT2D eigenvalue weighted by Gasteiger charge is 2.42. The van der Waals surface area contributed by atoms with Gasteiger partial charge < -0.3 is 5.11 Å². The third kappa shape index (κ3) is 2.09. The number of carbonyl (C=O) groups is 1. The van der Waals surface area contributed by atoms with Gasteiger partial charge >= 0.3 is 0 Å². The molecule has 0 spiro atoms. The van der Waals surface area contributed by atoms with E-state index in [1.165, 1.54) is 5.56 Å². The summed E-state index contributed by atoms with van der Waals surface area (Å²) < 4.78 is 0.